The molecule has 5 heteroatoms. The fraction of sp³-hybridized carbons (Fsp3) is 0.429. The molecule has 1 unspecified atom stereocenters. The Balaban J connectivity index is 2.56. The van der Waals surface area contributed by atoms with E-state index in [1.54, 1.807) is 25.1 Å². The lowest BCUT2D eigenvalue weighted by Crippen LogP contribution is -2.47. The first-order chi connectivity index (χ1) is 8.91. The third-order valence-electron chi connectivity index (χ3n) is 3.39. The lowest BCUT2D eigenvalue weighted by atomic mass is 9.86. The van der Waals surface area contributed by atoms with Gasteiger partial charge in [0.2, 0.25) is 5.91 Å². The van der Waals surface area contributed by atoms with Crippen LogP contribution in [0.25, 0.3) is 0 Å². The zero-order valence-corrected chi connectivity index (χ0v) is 12.0. The summed E-state index contributed by atoms with van der Waals surface area (Å²) in [6.07, 6.45) is 0.976. The number of hydrogen-bond donors (Lipinski definition) is 2. The lowest BCUT2D eigenvalue weighted by Gasteiger charge is -2.25. The Labute approximate surface area is 118 Å². The van der Waals surface area contributed by atoms with E-state index in [9.17, 15) is 9.18 Å². The summed E-state index contributed by atoms with van der Waals surface area (Å²) in [6, 6.07) is 6.51. The molecule has 0 aliphatic heterocycles. The Morgan fingerprint density at radius 2 is 2.11 bits per heavy atom. The summed E-state index contributed by atoms with van der Waals surface area (Å²) < 4.78 is 13.4. The van der Waals surface area contributed by atoms with Crippen molar-refractivity contribution in [3.63, 3.8) is 0 Å². The van der Waals surface area contributed by atoms with Crippen LogP contribution < -0.4 is 11.1 Å². The maximum Gasteiger partial charge on any atom is 0.232 e. The molecule has 19 heavy (non-hydrogen) atoms. The van der Waals surface area contributed by atoms with Gasteiger partial charge in [-0.05, 0) is 31.4 Å². The number of amides is 1. The van der Waals surface area contributed by atoms with Crippen LogP contribution in [0.2, 0.25) is 0 Å². The minimum absolute atomic E-state index is 0.179. The van der Waals surface area contributed by atoms with Crippen LogP contribution >= 0.6 is 12.2 Å². The fourth-order valence-corrected chi connectivity index (χ4v) is 1.89. The number of rotatable bonds is 6. The van der Waals surface area contributed by atoms with Crippen molar-refractivity contribution in [2.75, 3.05) is 6.54 Å². The molecule has 0 aliphatic rings. The summed E-state index contributed by atoms with van der Waals surface area (Å²) in [5.41, 5.74) is 5.34. The number of carbonyl (C=O) groups is 1. The molecule has 3 nitrogen and oxygen atoms in total. The van der Waals surface area contributed by atoms with Gasteiger partial charge in [0.25, 0.3) is 0 Å². The number of nitrogens with two attached hydrogens (primary N) is 1. The molecule has 1 aromatic rings. The van der Waals surface area contributed by atoms with Crippen molar-refractivity contribution in [3.05, 3.63) is 35.6 Å². The molecular weight excluding hydrogens is 263 g/mol. The molecule has 0 heterocycles. The second kappa shape index (κ2) is 6.61. The second-order valence-corrected chi connectivity index (χ2v) is 5.09. The highest BCUT2D eigenvalue weighted by molar-refractivity contribution is 7.80. The van der Waals surface area contributed by atoms with E-state index in [4.69, 9.17) is 18.0 Å². The van der Waals surface area contributed by atoms with E-state index in [-0.39, 0.29) is 16.7 Å². The van der Waals surface area contributed by atoms with Gasteiger partial charge in [-0.1, -0.05) is 37.3 Å². The Morgan fingerprint density at radius 1 is 1.47 bits per heavy atom. The largest absolute Gasteiger partial charge is 0.392 e. The van der Waals surface area contributed by atoms with Crippen LogP contribution in [0.1, 0.15) is 25.8 Å². The van der Waals surface area contributed by atoms with Crippen LogP contribution in [0.15, 0.2) is 24.3 Å². The first kappa shape index (κ1) is 15.6. The first-order valence-electron chi connectivity index (χ1n) is 6.23. The Hall–Kier alpha value is -1.49. The van der Waals surface area contributed by atoms with Crippen LogP contribution in [-0.4, -0.2) is 17.4 Å². The van der Waals surface area contributed by atoms with E-state index in [0.717, 1.165) is 0 Å². The number of nitrogens with one attached hydrogen (secondary N) is 1. The molecule has 0 aliphatic carbocycles. The normalized spacial score (nSPS) is 13.6. The Kier molecular flexibility index (Phi) is 5.42. The van der Waals surface area contributed by atoms with Gasteiger partial charge in [0, 0.05) is 6.54 Å². The maximum absolute atomic E-state index is 13.4. The van der Waals surface area contributed by atoms with Gasteiger partial charge >= 0.3 is 0 Å². The van der Waals surface area contributed by atoms with Crippen molar-refractivity contribution >= 4 is 23.1 Å². The zero-order valence-electron chi connectivity index (χ0n) is 11.2. The highest BCUT2D eigenvalue weighted by atomic mass is 32.1. The fourth-order valence-electron chi connectivity index (χ4n) is 1.65. The standard InChI is InChI=1S/C14H19FN2OS/c1-3-14(2,12(16)19)13(18)17-9-8-10-6-4-5-7-11(10)15/h4-7H,3,8-9H2,1-2H3,(H2,16,19)(H,17,18). The lowest BCUT2D eigenvalue weighted by molar-refractivity contribution is -0.126. The predicted octanol–water partition coefficient (Wildman–Crippen LogP) is 2.19. The van der Waals surface area contributed by atoms with E-state index in [1.165, 1.54) is 6.07 Å². The Morgan fingerprint density at radius 3 is 2.63 bits per heavy atom. The van der Waals surface area contributed by atoms with Crippen LogP contribution in [0.5, 0.6) is 0 Å². The van der Waals surface area contributed by atoms with Gasteiger partial charge in [0.1, 0.15) is 5.82 Å². The third kappa shape index (κ3) is 3.73. The highest BCUT2D eigenvalue weighted by Gasteiger charge is 2.34. The molecule has 0 aromatic heterocycles. The van der Waals surface area contributed by atoms with Crippen LogP contribution in [0.4, 0.5) is 4.39 Å². The van der Waals surface area contributed by atoms with Gasteiger partial charge in [-0.2, -0.15) is 0 Å². The van der Waals surface area contributed by atoms with Crippen LogP contribution in [-0.2, 0) is 11.2 Å². The molecule has 1 aromatic carbocycles. The van der Waals surface area contributed by atoms with Gasteiger partial charge in [-0.15, -0.1) is 0 Å². The second-order valence-electron chi connectivity index (χ2n) is 4.65. The van der Waals surface area contributed by atoms with Crippen molar-refractivity contribution in [3.8, 4) is 0 Å². The molecule has 1 rings (SSSR count). The average molecular weight is 282 g/mol. The average Bonchev–Trinajstić information content (AvgIpc) is 2.39. The van der Waals surface area contributed by atoms with E-state index < -0.39 is 5.41 Å². The zero-order chi connectivity index (χ0) is 14.5. The van der Waals surface area contributed by atoms with Gasteiger partial charge < -0.3 is 11.1 Å². The summed E-state index contributed by atoms with van der Waals surface area (Å²) in [7, 11) is 0. The van der Waals surface area contributed by atoms with Crippen molar-refractivity contribution in [2.24, 2.45) is 11.1 Å². The highest BCUT2D eigenvalue weighted by Crippen LogP contribution is 2.21. The van der Waals surface area contributed by atoms with Crippen molar-refractivity contribution in [1.82, 2.24) is 5.32 Å². The molecule has 0 fully saturated rings. The van der Waals surface area contributed by atoms with E-state index in [2.05, 4.69) is 5.32 Å². The van der Waals surface area contributed by atoms with Crippen LogP contribution in [0, 0.1) is 11.2 Å². The van der Waals surface area contributed by atoms with E-state index in [1.807, 2.05) is 6.92 Å². The minimum Gasteiger partial charge on any atom is -0.392 e. The summed E-state index contributed by atoms with van der Waals surface area (Å²) >= 11 is 4.93. The van der Waals surface area contributed by atoms with Crippen molar-refractivity contribution in [2.45, 2.75) is 26.7 Å². The van der Waals surface area contributed by atoms with E-state index in [0.29, 0.717) is 24.9 Å². The smallest absolute Gasteiger partial charge is 0.232 e. The summed E-state index contributed by atoms with van der Waals surface area (Å²) in [5.74, 6) is -0.469. The molecule has 0 saturated heterocycles. The molecule has 1 atom stereocenters. The molecule has 0 saturated carbocycles. The summed E-state index contributed by atoms with van der Waals surface area (Å²) in [6.45, 7) is 3.93. The van der Waals surface area contributed by atoms with Gasteiger partial charge in [-0.25, -0.2) is 4.39 Å². The van der Waals surface area contributed by atoms with Gasteiger partial charge in [0.15, 0.2) is 0 Å². The Bertz CT molecular complexity index is 478. The number of benzene rings is 1. The number of carbonyl (C=O) groups excluding carboxylic acids is 1. The molecule has 0 bridgehead atoms. The predicted molar refractivity (Wildman–Crippen MR) is 78.3 cm³/mol. The SMILES string of the molecule is CCC(C)(C(=O)NCCc1ccccc1F)C(N)=S. The summed E-state index contributed by atoms with van der Waals surface area (Å²) in [5, 5.41) is 2.76. The van der Waals surface area contributed by atoms with Gasteiger partial charge in [0.05, 0.1) is 10.4 Å². The maximum atomic E-state index is 13.4. The monoisotopic (exact) mass is 282 g/mol. The minimum atomic E-state index is -0.843. The van der Waals surface area contributed by atoms with Crippen molar-refractivity contribution in [1.29, 1.82) is 0 Å². The van der Waals surface area contributed by atoms with Gasteiger partial charge in [-0.3, -0.25) is 4.79 Å². The molecular formula is C14H19FN2OS. The molecule has 0 radical (unpaired) electrons. The quantitative estimate of drug-likeness (QED) is 0.786. The summed E-state index contributed by atoms with van der Waals surface area (Å²) in [4.78, 5) is 12.2. The molecule has 1 amide bonds. The molecule has 3 N–H and O–H groups in total. The van der Waals surface area contributed by atoms with Crippen molar-refractivity contribution < 1.29 is 9.18 Å². The third-order valence-corrected chi connectivity index (χ3v) is 3.84. The van der Waals surface area contributed by atoms with Crippen LogP contribution in [0.3, 0.4) is 0 Å². The number of hydrogen-bond acceptors (Lipinski definition) is 2. The topological polar surface area (TPSA) is 55.1 Å². The number of halogens is 1. The number of thiocarbonyl (C=S) groups is 1. The molecule has 104 valence electrons. The molecule has 0 spiro atoms. The first-order valence-corrected chi connectivity index (χ1v) is 6.64. The van der Waals surface area contributed by atoms with E-state index >= 15 is 0 Å².